The van der Waals surface area contributed by atoms with Crippen LogP contribution in [0.15, 0.2) is 24.7 Å². The highest BCUT2D eigenvalue weighted by molar-refractivity contribution is 5.51. The molecule has 0 amide bonds. The normalized spacial score (nSPS) is 14.9. The molecule has 2 aromatic heterocycles. The van der Waals surface area contributed by atoms with E-state index in [1.165, 1.54) is 12.4 Å². The standard InChI is InChI=1S/C13H16N4/c1-9-15-7-10(8-16-9)12-14-6-5-11(17-12)13(2,3)4/h5-8H,1-4H3/i1D3. The van der Waals surface area contributed by atoms with Crippen molar-refractivity contribution in [3.63, 3.8) is 0 Å². The molecule has 2 heterocycles. The first-order valence-electron chi connectivity index (χ1n) is 6.84. The third-order valence-corrected chi connectivity index (χ3v) is 2.33. The molecule has 0 unspecified atom stereocenters. The van der Waals surface area contributed by atoms with E-state index in [2.05, 4.69) is 40.7 Å². The third kappa shape index (κ3) is 2.64. The zero-order valence-corrected chi connectivity index (χ0v) is 10.1. The predicted octanol–water partition coefficient (Wildman–Crippen LogP) is 2.54. The summed E-state index contributed by atoms with van der Waals surface area (Å²) in [6.45, 7) is 3.89. The minimum atomic E-state index is -2.30. The second kappa shape index (κ2) is 4.20. The predicted molar refractivity (Wildman–Crippen MR) is 66.5 cm³/mol. The van der Waals surface area contributed by atoms with Crippen LogP contribution in [0.5, 0.6) is 0 Å². The summed E-state index contributed by atoms with van der Waals surface area (Å²) in [6, 6.07) is 1.86. The van der Waals surface area contributed by atoms with Crippen LogP contribution in [-0.2, 0) is 5.41 Å². The molecule has 0 N–H and O–H groups in total. The van der Waals surface area contributed by atoms with Gasteiger partial charge in [0.2, 0.25) is 0 Å². The molecule has 0 aliphatic carbocycles. The van der Waals surface area contributed by atoms with Crippen LogP contribution < -0.4 is 0 Å². The summed E-state index contributed by atoms with van der Waals surface area (Å²) in [5, 5.41) is 0. The van der Waals surface area contributed by atoms with Crippen molar-refractivity contribution >= 4 is 0 Å². The molecule has 88 valence electrons. The number of hydrogen-bond acceptors (Lipinski definition) is 4. The van der Waals surface area contributed by atoms with Crippen molar-refractivity contribution in [3.8, 4) is 11.4 Å². The summed E-state index contributed by atoms with van der Waals surface area (Å²) >= 11 is 0. The van der Waals surface area contributed by atoms with Crippen molar-refractivity contribution in [2.45, 2.75) is 33.0 Å². The van der Waals surface area contributed by atoms with Crippen LogP contribution in [0, 0.1) is 6.85 Å². The number of rotatable bonds is 1. The number of aromatic nitrogens is 4. The summed E-state index contributed by atoms with van der Waals surface area (Å²) in [6.07, 6.45) is 4.56. The first kappa shape index (κ1) is 8.28. The molecule has 0 atom stereocenters. The highest BCUT2D eigenvalue weighted by Crippen LogP contribution is 2.21. The van der Waals surface area contributed by atoms with E-state index < -0.39 is 6.85 Å². The van der Waals surface area contributed by atoms with Gasteiger partial charge in [0.25, 0.3) is 0 Å². The maximum atomic E-state index is 7.24. The Labute approximate surface area is 105 Å². The Morgan fingerprint density at radius 2 is 1.82 bits per heavy atom. The van der Waals surface area contributed by atoms with E-state index in [1.54, 1.807) is 6.20 Å². The van der Waals surface area contributed by atoms with Crippen molar-refractivity contribution in [2.75, 3.05) is 0 Å². The Morgan fingerprint density at radius 1 is 1.12 bits per heavy atom. The molecule has 0 aromatic carbocycles. The molecule has 0 saturated heterocycles. The zero-order chi connectivity index (χ0) is 15.0. The van der Waals surface area contributed by atoms with Gasteiger partial charge in [0, 0.05) is 33.8 Å². The average molecular weight is 231 g/mol. The molecule has 0 aliphatic rings. The number of aryl methyl sites for hydroxylation is 1. The molecule has 0 bridgehead atoms. The molecule has 0 spiro atoms. The van der Waals surface area contributed by atoms with Gasteiger partial charge in [-0.2, -0.15) is 0 Å². The van der Waals surface area contributed by atoms with Gasteiger partial charge in [-0.1, -0.05) is 20.8 Å². The zero-order valence-electron chi connectivity index (χ0n) is 13.1. The van der Waals surface area contributed by atoms with Crippen molar-refractivity contribution in [3.05, 3.63) is 36.2 Å². The van der Waals surface area contributed by atoms with Gasteiger partial charge in [-0.15, -0.1) is 0 Å². The van der Waals surface area contributed by atoms with Crippen LogP contribution in [0.4, 0.5) is 0 Å². The van der Waals surface area contributed by atoms with E-state index in [4.69, 9.17) is 4.11 Å². The summed E-state index contributed by atoms with van der Waals surface area (Å²) in [5.41, 5.74) is 1.42. The molecule has 0 aliphatic heterocycles. The molecule has 0 fully saturated rings. The van der Waals surface area contributed by atoms with Crippen LogP contribution in [0.2, 0.25) is 0 Å². The molecule has 4 nitrogen and oxygen atoms in total. The first-order chi connectivity index (χ1) is 9.18. The Hall–Kier alpha value is -1.84. The Bertz CT molecular complexity index is 600. The second-order valence-corrected chi connectivity index (χ2v) is 4.81. The summed E-state index contributed by atoms with van der Waals surface area (Å²) in [7, 11) is 0. The van der Waals surface area contributed by atoms with Crippen molar-refractivity contribution in [1.29, 1.82) is 0 Å². The van der Waals surface area contributed by atoms with Gasteiger partial charge < -0.3 is 0 Å². The Kier molecular flexibility index (Phi) is 2.05. The molecular formula is C13H16N4. The molecule has 4 heteroatoms. The van der Waals surface area contributed by atoms with Crippen molar-refractivity contribution < 1.29 is 4.11 Å². The van der Waals surface area contributed by atoms with Crippen LogP contribution in [-0.4, -0.2) is 19.9 Å². The van der Waals surface area contributed by atoms with Crippen molar-refractivity contribution in [2.24, 2.45) is 0 Å². The average Bonchev–Trinajstić information content (AvgIpc) is 2.37. The molecule has 2 rings (SSSR count). The van der Waals surface area contributed by atoms with Crippen LogP contribution in [0.25, 0.3) is 11.4 Å². The first-order valence-corrected chi connectivity index (χ1v) is 5.34. The van der Waals surface area contributed by atoms with E-state index >= 15 is 0 Å². The highest BCUT2D eigenvalue weighted by atomic mass is 14.9. The van der Waals surface area contributed by atoms with Crippen LogP contribution in [0.1, 0.15) is 36.4 Å². The van der Waals surface area contributed by atoms with E-state index in [0.29, 0.717) is 11.4 Å². The van der Waals surface area contributed by atoms with E-state index in [-0.39, 0.29) is 11.2 Å². The Morgan fingerprint density at radius 3 is 2.41 bits per heavy atom. The fraction of sp³-hybridized carbons (Fsp3) is 0.385. The lowest BCUT2D eigenvalue weighted by Gasteiger charge is -2.17. The summed E-state index contributed by atoms with van der Waals surface area (Å²) < 4.78 is 21.7. The number of nitrogens with zero attached hydrogens (tertiary/aromatic N) is 4. The topological polar surface area (TPSA) is 51.6 Å². The molecule has 0 saturated carbocycles. The van der Waals surface area contributed by atoms with Gasteiger partial charge >= 0.3 is 0 Å². The SMILES string of the molecule is [2H]C([2H])([2H])c1ncc(-c2nccc(C(C)(C)C)n2)cn1. The molecular weight excluding hydrogens is 212 g/mol. The van der Waals surface area contributed by atoms with Crippen LogP contribution >= 0.6 is 0 Å². The van der Waals surface area contributed by atoms with Gasteiger partial charge in [0.05, 0.1) is 5.56 Å². The monoisotopic (exact) mass is 231 g/mol. The fourth-order valence-electron chi connectivity index (χ4n) is 1.36. The Balaban J connectivity index is 2.38. The molecule has 0 radical (unpaired) electrons. The highest BCUT2D eigenvalue weighted by Gasteiger charge is 2.16. The lowest BCUT2D eigenvalue weighted by molar-refractivity contribution is 0.568. The van der Waals surface area contributed by atoms with Gasteiger partial charge in [0.15, 0.2) is 5.82 Å². The van der Waals surface area contributed by atoms with Gasteiger partial charge in [-0.05, 0) is 12.9 Å². The maximum Gasteiger partial charge on any atom is 0.162 e. The summed E-state index contributed by atoms with van der Waals surface area (Å²) in [5.74, 6) is 0.322. The van der Waals surface area contributed by atoms with Gasteiger partial charge in [0.1, 0.15) is 5.82 Å². The van der Waals surface area contributed by atoms with Gasteiger partial charge in [-0.25, -0.2) is 19.9 Å². The fourth-order valence-corrected chi connectivity index (χ4v) is 1.36. The second-order valence-electron chi connectivity index (χ2n) is 4.81. The quantitative estimate of drug-likeness (QED) is 0.756. The smallest absolute Gasteiger partial charge is 0.162 e. The van der Waals surface area contributed by atoms with Crippen LogP contribution in [0.3, 0.4) is 0 Å². The number of hydrogen-bond donors (Lipinski definition) is 0. The minimum Gasteiger partial charge on any atom is -0.241 e. The maximum absolute atomic E-state index is 7.24. The van der Waals surface area contributed by atoms with E-state index in [1.807, 2.05) is 6.07 Å². The summed E-state index contributed by atoms with van der Waals surface area (Å²) in [4.78, 5) is 16.4. The van der Waals surface area contributed by atoms with Gasteiger partial charge in [-0.3, -0.25) is 0 Å². The lowest BCUT2D eigenvalue weighted by Crippen LogP contribution is -2.14. The largest absolute Gasteiger partial charge is 0.241 e. The lowest BCUT2D eigenvalue weighted by atomic mass is 9.92. The van der Waals surface area contributed by atoms with E-state index in [9.17, 15) is 0 Å². The third-order valence-electron chi connectivity index (χ3n) is 2.33. The van der Waals surface area contributed by atoms with E-state index in [0.717, 1.165) is 5.69 Å². The molecule has 17 heavy (non-hydrogen) atoms. The molecule has 2 aromatic rings. The van der Waals surface area contributed by atoms with Crippen molar-refractivity contribution in [1.82, 2.24) is 19.9 Å². The minimum absolute atomic E-state index is 0.0861.